The molecule has 2 rings (SSSR count). The number of benzene rings is 1. The highest BCUT2D eigenvalue weighted by Crippen LogP contribution is 2.30. The SMILES string of the molecule is CC1(C)CCN(Cc2ccccc2CCN)C1. The van der Waals surface area contributed by atoms with E-state index < -0.39 is 0 Å². The number of hydrogen-bond donors (Lipinski definition) is 1. The van der Waals surface area contributed by atoms with Gasteiger partial charge in [0.25, 0.3) is 0 Å². The van der Waals surface area contributed by atoms with Gasteiger partial charge in [-0.15, -0.1) is 0 Å². The van der Waals surface area contributed by atoms with E-state index >= 15 is 0 Å². The van der Waals surface area contributed by atoms with E-state index in [1.54, 1.807) is 0 Å². The van der Waals surface area contributed by atoms with E-state index in [4.69, 9.17) is 5.73 Å². The van der Waals surface area contributed by atoms with Crippen LogP contribution in [0, 0.1) is 5.41 Å². The summed E-state index contributed by atoms with van der Waals surface area (Å²) in [6.45, 7) is 8.98. The molecule has 2 nitrogen and oxygen atoms in total. The normalized spacial score (nSPS) is 19.7. The highest BCUT2D eigenvalue weighted by molar-refractivity contribution is 5.27. The summed E-state index contributed by atoms with van der Waals surface area (Å²) in [5, 5.41) is 0. The molecule has 0 spiro atoms. The van der Waals surface area contributed by atoms with Gasteiger partial charge in [-0.25, -0.2) is 0 Å². The van der Waals surface area contributed by atoms with E-state index in [1.807, 2.05) is 0 Å². The summed E-state index contributed by atoms with van der Waals surface area (Å²) in [4.78, 5) is 2.56. The fraction of sp³-hybridized carbons (Fsp3) is 0.600. The molecule has 1 saturated heterocycles. The molecule has 1 fully saturated rings. The summed E-state index contributed by atoms with van der Waals surface area (Å²) in [6.07, 6.45) is 2.31. The molecule has 0 bridgehead atoms. The van der Waals surface area contributed by atoms with Gasteiger partial charge < -0.3 is 5.73 Å². The summed E-state index contributed by atoms with van der Waals surface area (Å²) in [5.74, 6) is 0. The zero-order valence-electron chi connectivity index (χ0n) is 11.1. The van der Waals surface area contributed by atoms with Crippen molar-refractivity contribution in [3.8, 4) is 0 Å². The van der Waals surface area contributed by atoms with Gasteiger partial charge in [0.1, 0.15) is 0 Å². The summed E-state index contributed by atoms with van der Waals surface area (Å²) < 4.78 is 0. The van der Waals surface area contributed by atoms with Crippen molar-refractivity contribution >= 4 is 0 Å². The van der Waals surface area contributed by atoms with Crippen molar-refractivity contribution in [2.24, 2.45) is 11.1 Å². The first kappa shape index (κ1) is 12.6. The molecule has 1 aliphatic heterocycles. The van der Waals surface area contributed by atoms with Crippen molar-refractivity contribution in [1.82, 2.24) is 4.90 Å². The molecule has 1 heterocycles. The number of hydrogen-bond acceptors (Lipinski definition) is 2. The molecule has 1 aromatic carbocycles. The van der Waals surface area contributed by atoms with E-state index in [9.17, 15) is 0 Å². The Morgan fingerprint density at radius 3 is 2.53 bits per heavy atom. The molecule has 0 amide bonds. The minimum atomic E-state index is 0.489. The molecule has 0 saturated carbocycles. The molecule has 0 radical (unpaired) electrons. The molecule has 0 atom stereocenters. The van der Waals surface area contributed by atoms with Gasteiger partial charge in [0, 0.05) is 13.1 Å². The van der Waals surface area contributed by atoms with Gasteiger partial charge >= 0.3 is 0 Å². The molecule has 0 aromatic heterocycles. The Balaban J connectivity index is 2.03. The molecule has 2 heteroatoms. The van der Waals surface area contributed by atoms with Crippen LogP contribution < -0.4 is 5.73 Å². The third-order valence-corrected chi connectivity index (χ3v) is 3.68. The Kier molecular flexibility index (Phi) is 3.85. The predicted octanol–water partition coefficient (Wildman–Crippen LogP) is 2.42. The van der Waals surface area contributed by atoms with Crippen LogP contribution in [0.5, 0.6) is 0 Å². The predicted molar refractivity (Wildman–Crippen MR) is 72.9 cm³/mol. The topological polar surface area (TPSA) is 29.3 Å². The smallest absolute Gasteiger partial charge is 0.0236 e. The van der Waals surface area contributed by atoms with Crippen LogP contribution in [0.4, 0.5) is 0 Å². The van der Waals surface area contributed by atoms with E-state index in [0.717, 1.165) is 19.5 Å². The van der Waals surface area contributed by atoms with E-state index in [2.05, 4.69) is 43.0 Å². The Morgan fingerprint density at radius 1 is 1.24 bits per heavy atom. The number of likely N-dealkylation sites (tertiary alicyclic amines) is 1. The number of rotatable bonds is 4. The minimum Gasteiger partial charge on any atom is -0.330 e. The van der Waals surface area contributed by atoms with Crippen molar-refractivity contribution in [3.63, 3.8) is 0 Å². The van der Waals surface area contributed by atoms with Crippen LogP contribution in [-0.4, -0.2) is 24.5 Å². The van der Waals surface area contributed by atoms with Crippen LogP contribution in [0.1, 0.15) is 31.4 Å². The van der Waals surface area contributed by atoms with Crippen LogP contribution in [0.3, 0.4) is 0 Å². The fourth-order valence-electron chi connectivity index (χ4n) is 2.71. The lowest BCUT2D eigenvalue weighted by molar-refractivity contribution is 0.284. The fourth-order valence-corrected chi connectivity index (χ4v) is 2.71. The van der Waals surface area contributed by atoms with Crippen molar-refractivity contribution in [1.29, 1.82) is 0 Å². The highest BCUT2D eigenvalue weighted by Gasteiger charge is 2.29. The third-order valence-electron chi connectivity index (χ3n) is 3.68. The third kappa shape index (κ3) is 3.30. The zero-order valence-corrected chi connectivity index (χ0v) is 11.1. The monoisotopic (exact) mass is 232 g/mol. The van der Waals surface area contributed by atoms with Gasteiger partial charge in [0.2, 0.25) is 0 Å². The molecule has 1 aromatic rings. The van der Waals surface area contributed by atoms with Crippen molar-refractivity contribution in [2.75, 3.05) is 19.6 Å². The largest absolute Gasteiger partial charge is 0.330 e. The summed E-state index contributed by atoms with van der Waals surface area (Å²) >= 11 is 0. The average molecular weight is 232 g/mol. The molecule has 2 N–H and O–H groups in total. The van der Waals surface area contributed by atoms with Crippen molar-refractivity contribution in [2.45, 2.75) is 33.2 Å². The van der Waals surface area contributed by atoms with E-state index in [0.29, 0.717) is 5.41 Å². The van der Waals surface area contributed by atoms with Crippen LogP contribution in [0.15, 0.2) is 24.3 Å². The maximum atomic E-state index is 5.67. The summed E-state index contributed by atoms with van der Waals surface area (Å²) in [5.41, 5.74) is 9.03. The second-order valence-electron chi connectivity index (χ2n) is 5.93. The second-order valence-corrected chi connectivity index (χ2v) is 5.93. The molecule has 17 heavy (non-hydrogen) atoms. The van der Waals surface area contributed by atoms with Gasteiger partial charge in [0.15, 0.2) is 0 Å². The Morgan fingerprint density at radius 2 is 1.94 bits per heavy atom. The first-order chi connectivity index (χ1) is 8.11. The van der Waals surface area contributed by atoms with Gasteiger partial charge in [-0.2, -0.15) is 0 Å². The molecular weight excluding hydrogens is 208 g/mol. The molecule has 1 aliphatic rings. The Bertz CT molecular complexity index is 371. The first-order valence-electron chi connectivity index (χ1n) is 6.60. The van der Waals surface area contributed by atoms with Crippen LogP contribution in [0.25, 0.3) is 0 Å². The van der Waals surface area contributed by atoms with Gasteiger partial charge in [-0.3, -0.25) is 4.90 Å². The Hall–Kier alpha value is -0.860. The van der Waals surface area contributed by atoms with Gasteiger partial charge in [-0.05, 0) is 42.5 Å². The van der Waals surface area contributed by atoms with Crippen LogP contribution in [-0.2, 0) is 13.0 Å². The van der Waals surface area contributed by atoms with E-state index in [-0.39, 0.29) is 0 Å². The maximum absolute atomic E-state index is 5.67. The lowest BCUT2D eigenvalue weighted by Gasteiger charge is -2.21. The second kappa shape index (κ2) is 5.19. The van der Waals surface area contributed by atoms with Gasteiger partial charge in [-0.1, -0.05) is 38.1 Å². The summed E-state index contributed by atoms with van der Waals surface area (Å²) in [6, 6.07) is 8.71. The van der Waals surface area contributed by atoms with Crippen molar-refractivity contribution < 1.29 is 0 Å². The van der Waals surface area contributed by atoms with Crippen LogP contribution in [0.2, 0.25) is 0 Å². The number of nitrogens with zero attached hydrogens (tertiary/aromatic N) is 1. The molecule has 0 aliphatic carbocycles. The zero-order chi connectivity index (χ0) is 12.3. The standard InChI is InChI=1S/C15H24N2/c1-15(2)8-10-17(12-15)11-14-6-4-3-5-13(14)7-9-16/h3-6H,7-12,16H2,1-2H3. The average Bonchev–Trinajstić information content (AvgIpc) is 2.61. The Labute approximate surface area is 105 Å². The highest BCUT2D eigenvalue weighted by atomic mass is 15.1. The van der Waals surface area contributed by atoms with Crippen molar-refractivity contribution in [3.05, 3.63) is 35.4 Å². The lowest BCUT2D eigenvalue weighted by atomic mass is 9.93. The molecular formula is C15H24N2. The van der Waals surface area contributed by atoms with Crippen LogP contribution >= 0.6 is 0 Å². The minimum absolute atomic E-state index is 0.489. The lowest BCUT2D eigenvalue weighted by Crippen LogP contribution is -2.23. The quantitative estimate of drug-likeness (QED) is 0.864. The first-order valence-corrected chi connectivity index (χ1v) is 6.60. The van der Waals surface area contributed by atoms with Gasteiger partial charge in [0.05, 0.1) is 0 Å². The van der Waals surface area contributed by atoms with E-state index in [1.165, 1.54) is 30.6 Å². The maximum Gasteiger partial charge on any atom is 0.0236 e. The number of nitrogens with two attached hydrogens (primary N) is 1. The summed E-state index contributed by atoms with van der Waals surface area (Å²) in [7, 11) is 0. The molecule has 94 valence electrons. The molecule has 0 unspecified atom stereocenters.